The number of hydrogen-bond donors (Lipinski definition) is 0. The molecule has 0 saturated carbocycles. The van der Waals surface area contributed by atoms with Crippen molar-refractivity contribution in [3.63, 3.8) is 0 Å². The van der Waals surface area contributed by atoms with Crippen LogP contribution in [0, 0.1) is 0 Å². The summed E-state index contributed by atoms with van der Waals surface area (Å²) in [5, 5.41) is 0. The number of allylic oxidation sites excluding steroid dienone is 4. The van der Waals surface area contributed by atoms with Gasteiger partial charge in [-0.2, -0.15) is 0 Å². The van der Waals surface area contributed by atoms with E-state index in [-0.39, 0.29) is 0 Å². The Morgan fingerprint density at radius 3 is 2.25 bits per heavy atom. The van der Waals surface area contributed by atoms with Crippen molar-refractivity contribution in [2.45, 2.75) is 20.3 Å². The van der Waals surface area contributed by atoms with Gasteiger partial charge in [0.25, 0.3) is 0 Å². The maximum atomic E-state index is 2.30. The van der Waals surface area contributed by atoms with Crippen LogP contribution in [0.3, 0.4) is 0 Å². The Labute approximate surface area is 65.5 Å². The predicted octanol–water partition coefficient (Wildman–Crippen LogP) is 2.16. The predicted molar refractivity (Wildman–Crippen MR) is 31.1 cm³/mol. The van der Waals surface area contributed by atoms with E-state index >= 15 is 0 Å². The Kier molecular flexibility index (Phi) is 1.87. The minimum absolute atomic E-state index is 1.24. The molecular formula is C7H9Zr. The quantitative estimate of drug-likeness (QED) is 0.541. The zero-order chi connectivity index (χ0) is 6.15. The third kappa shape index (κ3) is 1.20. The van der Waals surface area contributed by atoms with Gasteiger partial charge in [0.05, 0.1) is 0 Å². The summed E-state index contributed by atoms with van der Waals surface area (Å²) >= 11 is 1.58. The van der Waals surface area contributed by atoms with Crippen LogP contribution in [0.5, 0.6) is 0 Å². The Morgan fingerprint density at radius 2 is 2.12 bits per heavy atom. The molecule has 0 unspecified atom stereocenters. The van der Waals surface area contributed by atoms with Crippen LogP contribution < -0.4 is 0 Å². The first-order valence-electron chi connectivity index (χ1n) is 2.78. The van der Waals surface area contributed by atoms with E-state index in [2.05, 4.69) is 19.9 Å². The van der Waals surface area contributed by atoms with Gasteiger partial charge in [-0.05, 0) is 0 Å². The first-order valence-corrected chi connectivity index (χ1v) is 4.01. The van der Waals surface area contributed by atoms with Crippen molar-refractivity contribution >= 4 is 0 Å². The summed E-state index contributed by atoms with van der Waals surface area (Å²) in [4.78, 5) is 0. The third-order valence-corrected chi connectivity index (χ3v) is 2.31. The molecule has 0 aliphatic heterocycles. The molecule has 0 aromatic carbocycles. The van der Waals surface area contributed by atoms with E-state index in [1.165, 1.54) is 12.0 Å². The van der Waals surface area contributed by atoms with Crippen molar-refractivity contribution in [2.24, 2.45) is 0 Å². The van der Waals surface area contributed by atoms with Crippen molar-refractivity contribution in [2.75, 3.05) is 0 Å². The standard InChI is InChI=1S/C7H9.Zr/c1-6-4-3-5-7(6)2;/h4H,5H2,1-2H3;. The second kappa shape index (κ2) is 2.31. The van der Waals surface area contributed by atoms with Crippen molar-refractivity contribution < 1.29 is 24.7 Å². The molecule has 1 heteroatoms. The number of rotatable bonds is 0. The molecule has 8 heavy (non-hydrogen) atoms. The average Bonchev–Trinajstić information content (AvgIpc) is 1.85. The van der Waals surface area contributed by atoms with Gasteiger partial charge in [-0.15, -0.1) is 0 Å². The van der Waals surface area contributed by atoms with E-state index < -0.39 is 0 Å². The minimum atomic E-state index is 1.24. The van der Waals surface area contributed by atoms with Crippen molar-refractivity contribution in [3.05, 3.63) is 20.5 Å². The molecule has 0 fully saturated rings. The van der Waals surface area contributed by atoms with Gasteiger partial charge in [0.2, 0.25) is 0 Å². The first kappa shape index (κ1) is 6.48. The molecule has 41 valence electrons. The molecule has 1 aliphatic carbocycles. The summed E-state index contributed by atoms with van der Waals surface area (Å²) in [5.74, 6) is 0. The summed E-state index contributed by atoms with van der Waals surface area (Å²) < 4.78 is 1.59. The summed E-state index contributed by atoms with van der Waals surface area (Å²) in [6, 6.07) is 0. The normalized spacial score (nSPS) is 19.4. The van der Waals surface area contributed by atoms with Crippen LogP contribution in [0.4, 0.5) is 0 Å². The Morgan fingerprint density at radius 1 is 1.50 bits per heavy atom. The molecule has 0 atom stereocenters. The number of hydrogen-bond acceptors (Lipinski definition) is 0. The molecule has 0 bridgehead atoms. The fourth-order valence-corrected chi connectivity index (χ4v) is 2.04. The summed E-state index contributed by atoms with van der Waals surface area (Å²) in [7, 11) is 0. The molecule has 1 aliphatic rings. The molecule has 0 heterocycles. The molecule has 0 amide bonds. The van der Waals surface area contributed by atoms with Gasteiger partial charge < -0.3 is 0 Å². The third-order valence-electron chi connectivity index (χ3n) is 1.52. The van der Waals surface area contributed by atoms with Crippen LogP contribution in [-0.4, -0.2) is 0 Å². The Hall–Kier alpha value is 0.363. The van der Waals surface area contributed by atoms with Gasteiger partial charge >= 0.3 is 65.5 Å². The van der Waals surface area contributed by atoms with E-state index in [4.69, 9.17) is 0 Å². The molecular weight excluding hydrogens is 175 g/mol. The van der Waals surface area contributed by atoms with Crippen molar-refractivity contribution in [1.29, 1.82) is 0 Å². The Balaban J connectivity index is 2.79. The van der Waals surface area contributed by atoms with E-state index in [9.17, 15) is 0 Å². The van der Waals surface area contributed by atoms with Crippen molar-refractivity contribution in [1.82, 2.24) is 0 Å². The molecule has 0 radical (unpaired) electrons. The monoisotopic (exact) mass is 183 g/mol. The van der Waals surface area contributed by atoms with Gasteiger partial charge in [0.15, 0.2) is 0 Å². The van der Waals surface area contributed by atoms with Crippen LogP contribution in [0.25, 0.3) is 0 Å². The fourth-order valence-electron chi connectivity index (χ4n) is 0.861. The van der Waals surface area contributed by atoms with Crippen LogP contribution in [0.2, 0.25) is 0 Å². The molecule has 0 spiro atoms. The summed E-state index contributed by atoms with van der Waals surface area (Å²) in [6.45, 7) is 4.40. The molecule has 0 N–H and O–H groups in total. The first-order chi connectivity index (χ1) is 3.70. The zero-order valence-electron chi connectivity index (χ0n) is 5.28. The second-order valence-electron chi connectivity index (χ2n) is 2.31. The molecule has 0 aromatic heterocycles. The molecule has 0 saturated heterocycles. The van der Waals surface area contributed by atoms with Gasteiger partial charge in [0, 0.05) is 0 Å². The molecule has 0 aromatic rings. The average molecular weight is 184 g/mol. The van der Waals surface area contributed by atoms with Crippen molar-refractivity contribution in [3.8, 4) is 0 Å². The van der Waals surface area contributed by atoms with E-state index in [1.54, 1.807) is 33.6 Å². The second-order valence-corrected chi connectivity index (χ2v) is 3.89. The molecule has 0 nitrogen and oxygen atoms in total. The van der Waals surface area contributed by atoms with Gasteiger partial charge in [0.1, 0.15) is 0 Å². The SMILES string of the molecule is CC1=C(C)C[C]([Zr])=C1. The van der Waals surface area contributed by atoms with Gasteiger partial charge in [-0.3, -0.25) is 0 Å². The topological polar surface area (TPSA) is 0 Å². The van der Waals surface area contributed by atoms with Crippen LogP contribution in [-0.2, 0) is 24.7 Å². The van der Waals surface area contributed by atoms with E-state index in [0.29, 0.717) is 0 Å². The summed E-state index contributed by atoms with van der Waals surface area (Å²) in [6.07, 6.45) is 3.54. The Bertz CT molecular complexity index is 163. The van der Waals surface area contributed by atoms with Gasteiger partial charge in [-0.25, -0.2) is 0 Å². The van der Waals surface area contributed by atoms with Crippen LogP contribution in [0.15, 0.2) is 20.5 Å². The fraction of sp³-hybridized carbons (Fsp3) is 0.429. The summed E-state index contributed by atoms with van der Waals surface area (Å²) in [5.41, 5.74) is 3.04. The van der Waals surface area contributed by atoms with Gasteiger partial charge in [-0.1, -0.05) is 0 Å². The molecule has 1 rings (SSSR count). The maximum absolute atomic E-state index is 2.30. The van der Waals surface area contributed by atoms with E-state index in [0.717, 1.165) is 0 Å². The van der Waals surface area contributed by atoms with E-state index in [1.807, 2.05) is 0 Å². The van der Waals surface area contributed by atoms with Crippen LogP contribution in [0.1, 0.15) is 20.3 Å². The van der Waals surface area contributed by atoms with Crippen LogP contribution >= 0.6 is 0 Å². The zero-order valence-corrected chi connectivity index (χ0v) is 7.74.